The standard InChI is InChI=1S/C26H31FN4O4S/c1-5-18(16-6-8-17(9-7-16)24-15(4)28-13-36-24)30-25(33)23-22(27)19(32)12-31(23)26(34)21(14(2)3)20-10-11-29-35-20/h6-11,13-14,18-19,21-23,32H,5,12H2,1-4H3,(H,30,33)/t18-,19-,21+,22-,23-/m0/s1. The first-order valence-electron chi connectivity index (χ1n) is 12.1. The number of aromatic nitrogens is 2. The second-order valence-corrected chi connectivity index (χ2v) is 10.3. The zero-order chi connectivity index (χ0) is 26.0. The normalized spacial score (nSPS) is 21.5. The van der Waals surface area contributed by atoms with Crippen LogP contribution < -0.4 is 5.32 Å². The SMILES string of the molecule is CC[C@H](NC(=O)[C@@H]1[C@@H](F)[C@@H](O)CN1C(=O)[C@@H](c1ccno1)C(C)C)c1ccc(-c2scnc2C)cc1. The van der Waals surface area contributed by atoms with Crippen LogP contribution in [0.5, 0.6) is 0 Å². The number of hydrogen-bond donors (Lipinski definition) is 2. The van der Waals surface area contributed by atoms with E-state index in [1.807, 2.05) is 52.0 Å². The number of carbonyl (C=O) groups excluding carboxylic acids is 2. The highest BCUT2D eigenvalue weighted by atomic mass is 32.1. The summed E-state index contributed by atoms with van der Waals surface area (Å²) in [4.78, 5) is 33.3. The van der Waals surface area contributed by atoms with Crippen LogP contribution in [0.2, 0.25) is 0 Å². The quantitative estimate of drug-likeness (QED) is 0.470. The number of amides is 2. The molecule has 0 unspecified atom stereocenters. The van der Waals surface area contributed by atoms with Crippen LogP contribution in [-0.4, -0.2) is 56.8 Å². The molecule has 0 spiro atoms. The molecule has 2 aromatic heterocycles. The number of aliphatic hydroxyl groups is 1. The monoisotopic (exact) mass is 514 g/mol. The zero-order valence-electron chi connectivity index (χ0n) is 20.7. The smallest absolute Gasteiger partial charge is 0.246 e. The van der Waals surface area contributed by atoms with E-state index in [2.05, 4.69) is 15.5 Å². The summed E-state index contributed by atoms with van der Waals surface area (Å²) in [5.74, 6) is -1.70. The van der Waals surface area contributed by atoms with Gasteiger partial charge in [-0.1, -0.05) is 50.2 Å². The van der Waals surface area contributed by atoms with E-state index in [9.17, 15) is 14.7 Å². The minimum atomic E-state index is -1.90. The average molecular weight is 515 g/mol. The lowest BCUT2D eigenvalue weighted by atomic mass is 9.91. The Morgan fingerprint density at radius 1 is 1.28 bits per heavy atom. The predicted octanol–water partition coefficient (Wildman–Crippen LogP) is 4.02. The van der Waals surface area contributed by atoms with Crippen molar-refractivity contribution in [3.05, 3.63) is 59.1 Å². The lowest BCUT2D eigenvalue weighted by molar-refractivity contribution is -0.142. The number of hydrogen-bond acceptors (Lipinski definition) is 7. The van der Waals surface area contributed by atoms with Gasteiger partial charge in [0.25, 0.3) is 0 Å². The molecular weight excluding hydrogens is 483 g/mol. The second kappa shape index (κ2) is 10.9. The van der Waals surface area contributed by atoms with Crippen molar-refractivity contribution >= 4 is 23.2 Å². The maximum Gasteiger partial charge on any atom is 0.246 e. The summed E-state index contributed by atoms with van der Waals surface area (Å²) in [5, 5.41) is 16.8. The first kappa shape index (κ1) is 26.0. The molecule has 3 heterocycles. The molecule has 0 radical (unpaired) electrons. The van der Waals surface area contributed by atoms with Crippen LogP contribution in [-0.2, 0) is 9.59 Å². The summed E-state index contributed by atoms with van der Waals surface area (Å²) < 4.78 is 20.3. The minimum absolute atomic E-state index is 0.186. The Balaban J connectivity index is 1.53. The molecule has 10 heteroatoms. The highest BCUT2D eigenvalue weighted by molar-refractivity contribution is 7.13. The van der Waals surface area contributed by atoms with Gasteiger partial charge in [0.1, 0.15) is 23.8 Å². The molecule has 0 bridgehead atoms. The number of likely N-dealkylation sites (tertiary alicyclic amines) is 1. The highest BCUT2D eigenvalue weighted by Crippen LogP contribution is 2.33. The Morgan fingerprint density at radius 3 is 2.56 bits per heavy atom. The molecular formula is C26H31FN4O4S. The lowest BCUT2D eigenvalue weighted by Gasteiger charge is -2.30. The molecule has 3 aromatic rings. The second-order valence-electron chi connectivity index (χ2n) is 9.44. The molecule has 4 rings (SSSR count). The molecule has 1 fully saturated rings. The number of benzene rings is 1. The Kier molecular flexibility index (Phi) is 7.85. The van der Waals surface area contributed by atoms with Crippen molar-refractivity contribution < 1.29 is 23.6 Å². The summed E-state index contributed by atoms with van der Waals surface area (Å²) in [6, 6.07) is 7.57. The molecule has 5 atom stereocenters. The Hall–Kier alpha value is -3.11. The Morgan fingerprint density at radius 2 is 2.00 bits per heavy atom. The summed E-state index contributed by atoms with van der Waals surface area (Å²) in [5.41, 5.74) is 4.66. The third kappa shape index (κ3) is 5.05. The van der Waals surface area contributed by atoms with Crippen LogP contribution in [0.3, 0.4) is 0 Å². The molecule has 1 aliphatic heterocycles. The number of rotatable bonds is 8. The van der Waals surface area contributed by atoms with Crippen LogP contribution in [0.4, 0.5) is 4.39 Å². The Bertz CT molecular complexity index is 1180. The van der Waals surface area contributed by atoms with E-state index in [1.54, 1.807) is 22.9 Å². The van der Waals surface area contributed by atoms with Gasteiger partial charge in [0.05, 0.1) is 34.9 Å². The topological polar surface area (TPSA) is 109 Å². The molecule has 2 N–H and O–H groups in total. The van der Waals surface area contributed by atoms with Gasteiger partial charge in [0.15, 0.2) is 6.17 Å². The Labute approximate surface area is 213 Å². The summed E-state index contributed by atoms with van der Waals surface area (Å²) in [6.45, 7) is 7.28. The van der Waals surface area contributed by atoms with Crippen molar-refractivity contribution in [1.29, 1.82) is 0 Å². The van der Waals surface area contributed by atoms with Gasteiger partial charge in [0.2, 0.25) is 11.8 Å². The van der Waals surface area contributed by atoms with Gasteiger partial charge in [0, 0.05) is 6.07 Å². The van der Waals surface area contributed by atoms with Crippen molar-refractivity contribution in [3.8, 4) is 10.4 Å². The number of carbonyl (C=O) groups is 2. The van der Waals surface area contributed by atoms with Gasteiger partial charge in [-0.2, -0.15) is 0 Å². The van der Waals surface area contributed by atoms with Crippen molar-refractivity contribution in [2.45, 2.75) is 64.4 Å². The first-order valence-corrected chi connectivity index (χ1v) is 12.9. The average Bonchev–Trinajstić information content (AvgIpc) is 3.59. The molecule has 1 aromatic carbocycles. The number of aliphatic hydroxyl groups excluding tert-OH is 1. The van der Waals surface area contributed by atoms with E-state index in [0.717, 1.165) is 26.6 Å². The highest BCUT2D eigenvalue weighted by Gasteiger charge is 2.50. The van der Waals surface area contributed by atoms with Gasteiger partial charge >= 0.3 is 0 Å². The van der Waals surface area contributed by atoms with E-state index in [1.165, 1.54) is 6.20 Å². The third-order valence-corrected chi connectivity index (χ3v) is 7.66. The van der Waals surface area contributed by atoms with Crippen LogP contribution >= 0.6 is 11.3 Å². The molecule has 1 saturated heterocycles. The fraction of sp³-hybridized carbons (Fsp3) is 0.462. The van der Waals surface area contributed by atoms with Crippen LogP contribution in [0.25, 0.3) is 10.4 Å². The van der Waals surface area contributed by atoms with Crippen molar-refractivity contribution in [3.63, 3.8) is 0 Å². The summed E-state index contributed by atoms with van der Waals surface area (Å²) >= 11 is 1.56. The first-order chi connectivity index (χ1) is 17.2. The molecule has 1 aliphatic rings. The minimum Gasteiger partial charge on any atom is -0.388 e. The number of aryl methyl sites for hydroxylation is 1. The number of nitrogens with one attached hydrogen (secondary N) is 1. The van der Waals surface area contributed by atoms with E-state index in [-0.39, 0.29) is 18.5 Å². The molecule has 8 nitrogen and oxygen atoms in total. The van der Waals surface area contributed by atoms with Gasteiger partial charge in [-0.15, -0.1) is 11.3 Å². The maximum atomic E-state index is 15.1. The number of β-amino-alcohol motifs (C(OH)–C–C–N with tert-alkyl or cyclic N) is 1. The van der Waals surface area contributed by atoms with E-state index >= 15 is 4.39 Å². The van der Waals surface area contributed by atoms with Crippen molar-refractivity contribution in [2.75, 3.05) is 6.54 Å². The van der Waals surface area contributed by atoms with Crippen LogP contribution in [0, 0.1) is 12.8 Å². The van der Waals surface area contributed by atoms with E-state index < -0.39 is 36.0 Å². The van der Waals surface area contributed by atoms with Gasteiger partial charge < -0.3 is 19.8 Å². The predicted molar refractivity (Wildman–Crippen MR) is 134 cm³/mol. The van der Waals surface area contributed by atoms with Crippen molar-refractivity contribution in [1.82, 2.24) is 20.4 Å². The maximum absolute atomic E-state index is 15.1. The number of halogens is 1. The fourth-order valence-electron chi connectivity index (χ4n) is 4.74. The number of thiazole rings is 1. The molecule has 36 heavy (non-hydrogen) atoms. The molecule has 0 aliphatic carbocycles. The summed E-state index contributed by atoms with van der Waals surface area (Å²) in [6.07, 6.45) is -1.34. The van der Waals surface area contributed by atoms with E-state index in [4.69, 9.17) is 4.52 Å². The van der Waals surface area contributed by atoms with Crippen LogP contribution in [0.15, 0.2) is 46.6 Å². The number of nitrogens with zero attached hydrogens (tertiary/aromatic N) is 3. The molecule has 192 valence electrons. The van der Waals surface area contributed by atoms with Crippen molar-refractivity contribution in [2.24, 2.45) is 5.92 Å². The molecule has 0 saturated carbocycles. The summed E-state index contributed by atoms with van der Waals surface area (Å²) in [7, 11) is 0. The fourth-order valence-corrected chi connectivity index (χ4v) is 5.55. The lowest BCUT2D eigenvalue weighted by Crippen LogP contribution is -2.51. The van der Waals surface area contributed by atoms with Gasteiger partial charge in [-0.3, -0.25) is 9.59 Å². The molecule has 2 amide bonds. The van der Waals surface area contributed by atoms with E-state index in [0.29, 0.717) is 12.2 Å². The third-order valence-electron chi connectivity index (χ3n) is 6.68. The van der Waals surface area contributed by atoms with Gasteiger partial charge in [-0.25, -0.2) is 9.37 Å². The van der Waals surface area contributed by atoms with Gasteiger partial charge in [-0.05, 0) is 30.4 Å². The largest absolute Gasteiger partial charge is 0.388 e. The zero-order valence-corrected chi connectivity index (χ0v) is 21.5. The number of alkyl halides is 1. The van der Waals surface area contributed by atoms with Crippen LogP contribution in [0.1, 0.15) is 56.2 Å².